The van der Waals surface area contributed by atoms with Gasteiger partial charge in [-0.15, -0.1) is 17.8 Å². The van der Waals surface area contributed by atoms with E-state index in [0.717, 1.165) is 37.3 Å². The van der Waals surface area contributed by atoms with Crippen molar-refractivity contribution < 1.29 is 51.8 Å². The zero-order chi connectivity index (χ0) is 51.8. The highest BCUT2D eigenvalue weighted by Gasteiger charge is 2.34. The number of piperazine rings is 1. The summed E-state index contributed by atoms with van der Waals surface area (Å²) < 4.78 is 73.1. The Morgan fingerprint density at radius 3 is 2.61 bits per heavy atom. The lowest BCUT2D eigenvalue weighted by Crippen LogP contribution is -2.48. The number of nitrogens with zero attached hydrogens (tertiary/aromatic N) is 6. The highest BCUT2D eigenvalue weighted by Crippen LogP contribution is 2.48. The van der Waals surface area contributed by atoms with Gasteiger partial charge >= 0.3 is 5.97 Å². The molecule has 6 heterocycles. The molecule has 2 bridgehead atoms. The number of ether oxygens (including phenoxy) is 7. The molecule has 0 amide bonds. The summed E-state index contributed by atoms with van der Waals surface area (Å²) in [5.41, 5.74) is 2.99. The molecule has 4 atom stereocenters. The van der Waals surface area contributed by atoms with Gasteiger partial charge in [0.05, 0.1) is 49.1 Å². The summed E-state index contributed by atoms with van der Waals surface area (Å²) in [4.78, 5) is 37.6. The quantitative estimate of drug-likeness (QED) is 0.111. The van der Waals surface area contributed by atoms with Gasteiger partial charge in [0.15, 0.2) is 11.6 Å². The maximum atomic E-state index is 15.8. The Labute approximate surface area is 438 Å². The van der Waals surface area contributed by atoms with Crippen LogP contribution in [0.25, 0.3) is 31.8 Å². The SMILES string of the molecule is C#C/C1=C(Cl)\C(C)=C(/CC)c2c(-c3ccc(F)cc3)sc3ncnc(c23)O[C@@H](C(=O)O)Cc2cc(ccc2OCc2ccnc(C3=CC[C@](F)(COC[C@@H]4COCCO4)CC3)n2)OC[C@@H](CN2CCN(C)CC2)O1. The van der Waals surface area contributed by atoms with Gasteiger partial charge in [0.2, 0.25) is 12.0 Å². The molecule has 3 aromatic heterocycles. The van der Waals surface area contributed by atoms with Crippen molar-refractivity contribution in [3.63, 3.8) is 0 Å². The summed E-state index contributed by atoms with van der Waals surface area (Å²) in [6.45, 7) is 9.41. The number of carboxylic acids is 1. The molecule has 2 saturated heterocycles. The zero-order valence-electron chi connectivity index (χ0n) is 41.6. The Kier molecular flexibility index (Phi) is 17.2. The summed E-state index contributed by atoms with van der Waals surface area (Å²) in [5.74, 6) is 2.44. The van der Waals surface area contributed by atoms with E-state index < -0.39 is 29.7 Å². The molecule has 0 radical (unpaired) electrons. The fourth-order valence-electron chi connectivity index (χ4n) is 9.42. The number of rotatable bonds is 13. The number of alkyl halides is 1. The van der Waals surface area contributed by atoms with E-state index in [1.165, 1.54) is 29.8 Å². The normalized spacial score (nSPS) is 24.4. The first-order chi connectivity index (χ1) is 35.9. The third-order valence-electron chi connectivity index (χ3n) is 13.6. The van der Waals surface area contributed by atoms with Gasteiger partial charge in [0, 0.05) is 67.8 Å². The van der Waals surface area contributed by atoms with Crippen LogP contribution in [-0.4, -0.2) is 144 Å². The zero-order valence-corrected chi connectivity index (χ0v) is 43.2. The average Bonchev–Trinajstić information content (AvgIpc) is 3.80. The molecule has 3 aliphatic heterocycles. The molecule has 5 aromatic rings. The number of thiophene rings is 1. The molecular weight excluding hydrogens is 994 g/mol. The number of fused-ring (bicyclic) bond motifs is 2. The number of aromatic nitrogens is 4. The number of allylic oxidation sites excluding steroid dienone is 6. The number of terminal acetylenes is 1. The minimum Gasteiger partial charge on any atom is -0.490 e. The van der Waals surface area contributed by atoms with Gasteiger partial charge < -0.3 is 43.2 Å². The van der Waals surface area contributed by atoms with Crippen molar-refractivity contribution >= 4 is 50.3 Å². The van der Waals surface area contributed by atoms with Crippen LogP contribution in [0.15, 0.2) is 83.5 Å². The fraction of sp³-hybridized carbons (Fsp3) is 0.436. The van der Waals surface area contributed by atoms with E-state index in [-0.39, 0.29) is 68.5 Å². The van der Waals surface area contributed by atoms with Crippen LogP contribution < -0.4 is 14.2 Å². The predicted octanol–water partition coefficient (Wildman–Crippen LogP) is 8.94. The molecule has 0 spiro atoms. The summed E-state index contributed by atoms with van der Waals surface area (Å²) in [5, 5.41) is 11.6. The lowest BCUT2D eigenvalue weighted by atomic mass is 9.87. The molecule has 0 saturated carbocycles. The Bertz CT molecular complexity index is 2950. The first-order valence-corrected chi connectivity index (χ1v) is 26.0. The summed E-state index contributed by atoms with van der Waals surface area (Å²) in [6.07, 6.45) is 9.79. The molecule has 1 aliphatic carbocycles. The number of carboxylic acid groups (broad SMARTS) is 1. The third kappa shape index (κ3) is 12.7. The van der Waals surface area contributed by atoms with E-state index >= 15 is 4.39 Å². The number of aliphatic carboxylic acids is 1. The minimum absolute atomic E-state index is 0.00617. The lowest BCUT2D eigenvalue weighted by Gasteiger charge is -2.34. The third-order valence-corrected chi connectivity index (χ3v) is 15.2. The Balaban J connectivity index is 1.05. The minimum atomic E-state index is -1.53. The maximum Gasteiger partial charge on any atom is 0.345 e. The molecule has 4 aliphatic rings. The van der Waals surface area contributed by atoms with Crippen LogP contribution in [0.3, 0.4) is 0 Å². The van der Waals surface area contributed by atoms with Crippen molar-refractivity contribution in [3.05, 3.63) is 112 Å². The topological polar surface area (TPSA) is 160 Å². The molecule has 1 N–H and O–H groups in total. The van der Waals surface area contributed by atoms with Crippen LogP contribution >= 0.6 is 22.9 Å². The maximum absolute atomic E-state index is 15.8. The van der Waals surface area contributed by atoms with E-state index in [1.54, 1.807) is 42.6 Å². The van der Waals surface area contributed by atoms with Crippen LogP contribution in [0.5, 0.6) is 17.4 Å². The van der Waals surface area contributed by atoms with Crippen molar-refractivity contribution in [3.8, 4) is 40.2 Å². The number of hydrogen-bond acceptors (Lipinski definition) is 15. The number of carbonyl (C=O) groups is 1. The first kappa shape index (κ1) is 52.8. The first-order valence-electron chi connectivity index (χ1n) is 24.8. The Morgan fingerprint density at radius 1 is 1.05 bits per heavy atom. The van der Waals surface area contributed by atoms with E-state index in [9.17, 15) is 14.3 Å². The van der Waals surface area contributed by atoms with E-state index in [0.29, 0.717) is 99.6 Å². The number of halogens is 3. The molecule has 19 heteroatoms. The van der Waals surface area contributed by atoms with Gasteiger partial charge in [0.1, 0.15) is 59.6 Å². The van der Waals surface area contributed by atoms with Crippen molar-refractivity contribution in [1.29, 1.82) is 0 Å². The average molecular weight is 1050 g/mol. The van der Waals surface area contributed by atoms with Crippen LogP contribution in [0.2, 0.25) is 0 Å². The molecule has 74 heavy (non-hydrogen) atoms. The van der Waals surface area contributed by atoms with Crippen molar-refractivity contribution in [2.45, 2.75) is 76.5 Å². The van der Waals surface area contributed by atoms with Crippen LogP contribution in [0.4, 0.5) is 8.78 Å². The molecule has 0 unspecified atom stereocenters. The smallest absolute Gasteiger partial charge is 0.345 e. The van der Waals surface area contributed by atoms with E-state index in [4.69, 9.17) is 56.2 Å². The molecule has 2 fully saturated rings. The lowest BCUT2D eigenvalue weighted by molar-refractivity contribution is -0.145. The molecule has 390 valence electrons. The highest BCUT2D eigenvalue weighted by atomic mass is 35.5. The molecule has 15 nitrogen and oxygen atoms in total. The van der Waals surface area contributed by atoms with E-state index in [2.05, 4.69) is 37.7 Å². The monoisotopic (exact) mass is 1050 g/mol. The molecule has 2 aromatic carbocycles. The second-order valence-electron chi connectivity index (χ2n) is 18.8. The summed E-state index contributed by atoms with van der Waals surface area (Å²) in [7, 11) is 2.09. The molecule has 9 rings (SSSR count). The highest BCUT2D eigenvalue weighted by molar-refractivity contribution is 7.22. The largest absolute Gasteiger partial charge is 0.490 e. The van der Waals surface area contributed by atoms with Gasteiger partial charge in [-0.2, -0.15) is 0 Å². The van der Waals surface area contributed by atoms with Gasteiger partial charge in [-0.25, -0.2) is 33.5 Å². The Morgan fingerprint density at radius 2 is 1.88 bits per heavy atom. The summed E-state index contributed by atoms with van der Waals surface area (Å²) in [6, 6.07) is 13.0. The second-order valence-corrected chi connectivity index (χ2v) is 20.2. The van der Waals surface area contributed by atoms with Gasteiger partial charge in [-0.1, -0.05) is 36.7 Å². The van der Waals surface area contributed by atoms with Crippen molar-refractivity contribution in [2.75, 3.05) is 79.4 Å². The Hall–Kier alpha value is -6.04. The predicted molar refractivity (Wildman–Crippen MR) is 277 cm³/mol. The van der Waals surface area contributed by atoms with Gasteiger partial charge in [-0.05, 0) is 97.8 Å². The number of hydrogen-bond donors (Lipinski definition) is 1. The van der Waals surface area contributed by atoms with Crippen LogP contribution in [0.1, 0.15) is 62.2 Å². The number of benzene rings is 2. The van der Waals surface area contributed by atoms with Gasteiger partial charge in [-0.3, -0.25) is 4.90 Å². The van der Waals surface area contributed by atoms with Crippen LogP contribution in [-0.2, 0) is 36.8 Å². The second kappa shape index (κ2) is 24.1. The fourth-order valence-corrected chi connectivity index (χ4v) is 10.8. The molecular formula is C55H59ClF2N6O9S. The summed E-state index contributed by atoms with van der Waals surface area (Å²) >= 11 is 8.63. The van der Waals surface area contributed by atoms with Crippen molar-refractivity contribution in [2.24, 2.45) is 0 Å². The standard InChI is InChI=1S/C55H59ClF2N6O9S/c1-5-43-34(3)49(56)44(6-2)72-41(27-64-21-19-63(4)20-22-64)31-70-40-11-12-45(71-28-39-15-18-59-51(62-39)36-13-16-55(58,17-14-36)32-68-30-42-29-67-23-24-69-42)37(25-40)26-46(54(65)66)73-52-48-47(43)50(74-53(48)61-33-60-52)35-7-9-38(57)10-8-35/h2,7-13,15,18,25,33,41-42,46H,5,14,16-17,19-24,26-32H2,1,3-4H3,(H,65,66)/b43-34+,49-44-/t41-,42+,46-,55-/m1/s1. The number of likely N-dealkylation sites (N-methyl/N-ethyl adjacent to an activating group) is 1. The van der Waals surface area contributed by atoms with Crippen LogP contribution in [0, 0.1) is 18.2 Å². The van der Waals surface area contributed by atoms with Gasteiger partial charge in [0.25, 0.3) is 0 Å². The van der Waals surface area contributed by atoms with E-state index in [1.807, 2.05) is 19.9 Å². The van der Waals surface area contributed by atoms with Crippen molar-refractivity contribution in [1.82, 2.24) is 29.7 Å².